The van der Waals surface area contributed by atoms with Gasteiger partial charge in [-0.2, -0.15) is 0 Å². The molecular formula is C14H30N2O3S. The maximum absolute atomic E-state index is 11.7. The van der Waals surface area contributed by atoms with Gasteiger partial charge in [-0.3, -0.25) is 0 Å². The van der Waals surface area contributed by atoms with Crippen molar-refractivity contribution in [3.05, 3.63) is 0 Å². The van der Waals surface area contributed by atoms with Crippen LogP contribution in [0, 0.1) is 5.92 Å². The Hall–Kier alpha value is -0.170. The third kappa shape index (κ3) is 5.31. The molecule has 1 aliphatic rings. The van der Waals surface area contributed by atoms with Gasteiger partial charge in [0.25, 0.3) is 0 Å². The summed E-state index contributed by atoms with van der Waals surface area (Å²) in [4.78, 5) is 0. The van der Waals surface area contributed by atoms with Crippen LogP contribution in [0.4, 0.5) is 0 Å². The Bertz CT molecular complexity index is 369. The number of methoxy groups -OCH3 is 1. The molecule has 0 saturated carbocycles. The van der Waals surface area contributed by atoms with E-state index in [0.717, 1.165) is 32.2 Å². The molecule has 6 heteroatoms. The van der Waals surface area contributed by atoms with Gasteiger partial charge in [0.2, 0.25) is 10.0 Å². The predicted molar refractivity (Wildman–Crippen MR) is 82.3 cm³/mol. The number of nitrogens with one attached hydrogen (secondary N) is 1. The maximum atomic E-state index is 11.7. The van der Waals surface area contributed by atoms with Gasteiger partial charge in [-0.05, 0) is 38.1 Å². The number of ether oxygens (including phenoxy) is 1. The van der Waals surface area contributed by atoms with Crippen LogP contribution in [0.2, 0.25) is 0 Å². The number of likely N-dealkylation sites (N-methyl/N-ethyl adjacent to an activating group) is 1. The first kappa shape index (κ1) is 17.9. The van der Waals surface area contributed by atoms with Crippen LogP contribution in [-0.4, -0.2) is 57.9 Å². The van der Waals surface area contributed by atoms with Crippen molar-refractivity contribution < 1.29 is 13.2 Å². The highest BCUT2D eigenvalue weighted by molar-refractivity contribution is 7.88. The molecule has 1 aliphatic heterocycles. The highest BCUT2D eigenvalue weighted by atomic mass is 32.2. The molecule has 0 aliphatic carbocycles. The Morgan fingerprint density at radius 2 is 2.10 bits per heavy atom. The molecule has 1 N–H and O–H groups in total. The van der Waals surface area contributed by atoms with Crippen LogP contribution < -0.4 is 5.32 Å². The molecule has 5 nitrogen and oxygen atoms in total. The van der Waals surface area contributed by atoms with E-state index >= 15 is 0 Å². The topological polar surface area (TPSA) is 58.6 Å². The summed E-state index contributed by atoms with van der Waals surface area (Å²) >= 11 is 0. The Morgan fingerprint density at radius 1 is 1.40 bits per heavy atom. The molecule has 0 radical (unpaired) electrons. The molecule has 3 unspecified atom stereocenters. The summed E-state index contributed by atoms with van der Waals surface area (Å²) in [6.45, 7) is 6.46. The highest BCUT2D eigenvalue weighted by Crippen LogP contribution is 2.24. The fraction of sp³-hybridized carbons (Fsp3) is 1.00. The van der Waals surface area contributed by atoms with Gasteiger partial charge in [0.1, 0.15) is 0 Å². The lowest BCUT2D eigenvalue weighted by Crippen LogP contribution is -2.45. The lowest BCUT2D eigenvalue weighted by molar-refractivity contribution is 0.0535. The van der Waals surface area contributed by atoms with Crippen LogP contribution in [0.3, 0.4) is 0 Å². The molecule has 0 aromatic rings. The third-order valence-electron chi connectivity index (χ3n) is 4.16. The van der Waals surface area contributed by atoms with Crippen molar-refractivity contribution in [2.24, 2.45) is 5.92 Å². The van der Waals surface area contributed by atoms with E-state index in [1.165, 1.54) is 6.26 Å². The second-order valence-corrected chi connectivity index (χ2v) is 7.69. The molecule has 0 spiro atoms. The van der Waals surface area contributed by atoms with E-state index in [1.807, 2.05) is 0 Å². The molecule has 3 atom stereocenters. The number of hydrogen-bond acceptors (Lipinski definition) is 4. The van der Waals surface area contributed by atoms with Gasteiger partial charge in [-0.15, -0.1) is 0 Å². The second-order valence-electron chi connectivity index (χ2n) is 5.71. The molecule has 120 valence electrons. The molecule has 0 aromatic carbocycles. The van der Waals surface area contributed by atoms with Gasteiger partial charge in [0.15, 0.2) is 0 Å². The van der Waals surface area contributed by atoms with Crippen molar-refractivity contribution in [1.29, 1.82) is 0 Å². The summed E-state index contributed by atoms with van der Waals surface area (Å²) in [6, 6.07) is 0.305. The van der Waals surface area contributed by atoms with Crippen molar-refractivity contribution >= 4 is 10.0 Å². The van der Waals surface area contributed by atoms with Crippen molar-refractivity contribution in [1.82, 2.24) is 9.62 Å². The summed E-state index contributed by atoms with van der Waals surface area (Å²) in [6.07, 6.45) is 5.52. The van der Waals surface area contributed by atoms with Crippen LogP contribution in [-0.2, 0) is 14.8 Å². The zero-order valence-corrected chi connectivity index (χ0v) is 14.1. The van der Waals surface area contributed by atoms with Crippen molar-refractivity contribution in [2.75, 3.05) is 33.0 Å². The normalized spacial score (nSPS) is 24.5. The zero-order chi connectivity index (χ0) is 15.2. The van der Waals surface area contributed by atoms with Gasteiger partial charge in [-0.1, -0.05) is 13.8 Å². The second kappa shape index (κ2) is 8.32. The largest absolute Gasteiger partial charge is 0.380 e. The Labute approximate surface area is 124 Å². The maximum Gasteiger partial charge on any atom is 0.211 e. The Balaban J connectivity index is 2.63. The van der Waals surface area contributed by atoms with Gasteiger partial charge >= 0.3 is 0 Å². The SMILES string of the molecule is CCNC(CC1CCCN(S(C)(=O)=O)C1)C(CC)OC. The minimum Gasteiger partial charge on any atom is -0.380 e. The lowest BCUT2D eigenvalue weighted by atomic mass is 9.89. The first-order valence-electron chi connectivity index (χ1n) is 7.63. The minimum atomic E-state index is -3.06. The smallest absolute Gasteiger partial charge is 0.211 e. The van der Waals surface area contributed by atoms with Crippen molar-refractivity contribution in [2.45, 2.75) is 51.7 Å². The Morgan fingerprint density at radius 3 is 2.60 bits per heavy atom. The first-order chi connectivity index (χ1) is 9.42. The molecular weight excluding hydrogens is 276 g/mol. The molecule has 1 rings (SSSR count). The first-order valence-corrected chi connectivity index (χ1v) is 9.48. The lowest BCUT2D eigenvalue weighted by Gasteiger charge is -2.35. The molecule has 1 heterocycles. The number of hydrogen-bond donors (Lipinski definition) is 1. The molecule has 0 aromatic heterocycles. The van der Waals surface area contributed by atoms with Crippen molar-refractivity contribution in [3.8, 4) is 0 Å². The van der Waals surface area contributed by atoms with Gasteiger partial charge in [0, 0.05) is 26.2 Å². The molecule has 1 saturated heterocycles. The minimum absolute atomic E-state index is 0.198. The van der Waals surface area contributed by atoms with Crippen molar-refractivity contribution in [3.63, 3.8) is 0 Å². The van der Waals surface area contributed by atoms with E-state index in [-0.39, 0.29) is 6.10 Å². The van der Waals surface area contributed by atoms with Gasteiger partial charge < -0.3 is 10.1 Å². The fourth-order valence-corrected chi connectivity index (χ4v) is 4.07. The number of piperidine rings is 1. The van der Waals surface area contributed by atoms with Crippen LogP contribution in [0.1, 0.15) is 39.5 Å². The standard InChI is InChI=1S/C14H30N2O3S/c1-5-14(19-3)13(15-6-2)10-12-8-7-9-16(11-12)20(4,17)18/h12-15H,5-11H2,1-4H3. The predicted octanol–water partition coefficient (Wildman–Crippen LogP) is 1.45. The molecule has 20 heavy (non-hydrogen) atoms. The van der Waals surface area contributed by atoms with E-state index in [1.54, 1.807) is 11.4 Å². The molecule has 1 fully saturated rings. The number of rotatable bonds is 8. The van der Waals surface area contributed by atoms with E-state index in [0.29, 0.717) is 25.0 Å². The zero-order valence-electron chi connectivity index (χ0n) is 13.3. The summed E-state index contributed by atoms with van der Waals surface area (Å²) in [5.41, 5.74) is 0. The summed E-state index contributed by atoms with van der Waals surface area (Å²) < 4.78 is 30.5. The Kier molecular flexibility index (Phi) is 7.43. The van der Waals surface area contributed by atoms with Crippen LogP contribution in [0.25, 0.3) is 0 Å². The van der Waals surface area contributed by atoms with E-state index in [4.69, 9.17) is 4.74 Å². The van der Waals surface area contributed by atoms with Crippen LogP contribution in [0.15, 0.2) is 0 Å². The molecule has 0 amide bonds. The van der Waals surface area contributed by atoms with Gasteiger partial charge in [-0.25, -0.2) is 12.7 Å². The number of sulfonamides is 1. The van der Waals surface area contributed by atoms with E-state index in [9.17, 15) is 8.42 Å². The van der Waals surface area contributed by atoms with Crippen LogP contribution >= 0.6 is 0 Å². The summed E-state index contributed by atoms with van der Waals surface area (Å²) in [7, 11) is -1.30. The monoisotopic (exact) mass is 306 g/mol. The van der Waals surface area contributed by atoms with Crippen LogP contribution in [0.5, 0.6) is 0 Å². The summed E-state index contributed by atoms with van der Waals surface area (Å²) in [5.74, 6) is 0.423. The van der Waals surface area contributed by atoms with Gasteiger partial charge in [0.05, 0.1) is 12.4 Å². The quantitative estimate of drug-likeness (QED) is 0.737. The van der Waals surface area contributed by atoms with E-state index in [2.05, 4.69) is 19.2 Å². The summed E-state index contributed by atoms with van der Waals surface area (Å²) in [5, 5.41) is 3.49. The molecule has 0 bridgehead atoms. The van der Waals surface area contributed by atoms with E-state index < -0.39 is 10.0 Å². The highest BCUT2D eigenvalue weighted by Gasteiger charge is 2.29. The fourth-order valence-electron chi connectivity index (χ4n) is 3.12. The average Bonchev–Trinajstić information content (AvgIpc) is 2.39. The number of nitrogens with zero attached hydrogens (tertiary/aromatic N) is 1. The third-order valence-corrected chi connectivity index (χ3v) is 5.43. The average molecular weight is 306 g/mol.